The molecule has 0 amide bonds. The van der Waals surface area contributed by atoms with Crippen LogP contribution in [0.3, 0.4) is 0 Å². The fourth-order valence-electron chi connectivity index (χ4n) is 2.27. The molecule has 0 radical (unpaired) electrons. The Balaban J connectivity index is 2.49. The summed E-state index contributed by atoms with van der Waals surface area (Å²) in [6, 6.07) is 12.8. The van der Waals surface area contributed by atoms with Crippen LogP contribution >= 0.6 is 11.6 Å². The van der Waals surface area contributed by atoms with Gasteiger partial charge < -0.3 is 5.32 Å². The first-order chi connectivity index (χ1) is 9.13. The Morgan fingerprint density at radius 2 is 1.74 bits per heavy atom. The summed E-state index contributed by atoms with van der Waals surface area (Å²) in [5.74, 6) is 0. The summed E-state index contributed by atoms with van der Waals surface area (Å²) in [6.07, 6.45) is 0. The molecule has 0 unspecified atom stereocenters. The lowest BCUT2D eigenvalue weighted by Crippen LogP contribution is -2.12. The molecule has 0 aromatic heterocycles. The zero-order chi connectivity index (χ0) is 13.8. The van der Waals surface area contributed by atoms with Crippen LogP contribution in [-0.4, -0.2) is 6.54 Å². The van der Waals surface area contributed by atoms with E-state index in [1.807, 2.05) is 0 Å². The van der Waals surface area contributed by atoms with Gasteiger partial charge in [-0.1, -0.05) is 42.8 Å². The van der Waals surface area contributed by atoms with Gasteiger partial charge in [0.25, 0.3) is 0 Å². The molecule has 2 aromatic carbocycles. The van der Waals surface area contributed by atoms with Crippen LogP contribution < -0.4 is 5.32 Å². The van der Waals surface area contributed by atoms with Crippen LogP contribution in [0.1, 0.15) is 23.6 Å². The van der Waals surface area contributed by atoms with E-state index in [4.69, 9.17) is 11.6 Å². The summed E-state index contributed by atoms with van der Waals surface area (Å²) in [5, 5.41) is 4.23. The van der Waals surface area contributed by atoms with Crippen LogP contribution in [0.15, 0.2) is 36.4 Å². The molecule has 2 heteroatoms. The van der Waals surface area contributed by atoms with Crippen molar-refractivity contribution in [2.45, 2.75) is 27.3 Å². The molecule has 2 aromatic rings. The molecule has 100 valence electrons. The van der Waals surface area contributed by atoms with Crippen LogP contribution in [-0.2, 0) is 6.54 Å². The Morgan fingerprint density at radius 1 is 1.00 bits per heavy atom. The predicted octanol–water partition coefficient (Wildman–Crippen LogP) is 4.73. The molecule has 2 rings (SSSR count). The molecule has 0 spiro atoms. The van der Waals surface area contributed by atoms with Gasteiger partial charge in [-0.05, 0) is 60.3 Å². The summed E-state index contributed by atoms with van der Waals surface area (Å²) in [4.78, 5) is 0. The summed E-state index contributed by atoms with van der Waals surface area (Å²) in [5.41, 5.74) is 6.24. The van der Waals surface area contributed by atoms with Gasteiger partial charge in [-0.25, -0.2) is 0 Å². The highest BCUT2D eigenvalue weighted by atomic mass is 35.5. The molecule has 0 heterocycles. The van der Waals surface area contributed by atoms with Crippen molar-refractivity contribution in [2.24, 2.45) is 0 Å². The fraction of sp³-hybridized carbons (Fsp3) is 0.294. The van der Waals surface area contributed by atoms with E-state index in [9.17, 15) is 0 Å². The van der Waals surface area contributed by atoms with Gasteiger partial charge in [-0.3, -0.25) is 0 Å². The molecule has 0 saturated heterocycles. The van der Waals surface area contributed by atoms with E-state index in [0.717, 1.165) is 23.7 Å². The van der Waals surface area contributed by atoms with Gasteiger partial charge >= 0.3 is 0 Å². The standard InChI is InChI=1S/C17H20ClN/c1-4-19-11-14-7-5-6-8-15(14)16-9-13(3)17(18)10-12(16)2/h5-10,19H,4,11H2,1-3H3. The minimum absolute atomic E-state index is 0.838. The minimum Gasteiger partial charge on any atom is -0.313 e. The van der Waals surface area contributed by atoms with Crippen LogP contribution in [0, 0.1) is 13.8 Å². The molecule has 0 saturated carbocycles. The van der Waals surface area contributed by atoms with E-state index >= 15 is 0 Å². The van der Waals surface area contributed by atoms with E-state index in [1.165, 1.54) is 22.3 Å². The molecule has 0 bridgehead atoms. The smallest absolute Gasteiger partial charge is 0.0438 e. The SMILES string of the molecule is CCNCc1ccccc1-c1cc(C)c(Cl)cc1C. The first-order valence-electron chi connectivity index (χ1n) is 6.69. The highest BCUT2D eigenvalue weighted by Crippen LogP contribution is 2.31. The quantitative estimate of drug-likeness (QED) is 0.849. The topological polar surface area (TPSA) is 12.0 Å². The Bertz CT molecular complexity index is 575. The van der Waals surface area contributed by atoms with Gasteiger partial charge in [0.05, 0.1) is 0 Å². The van der Waals surface area contributed by atoms with Crippen LogP contribution in [0.4, 0.5) is 0 Å². The van der Waals surface area contributed by atoms with Crippen molar-refractivity contribution in [2.75, 3.05) is 6.54 Å². The lowest BCUT2D eigenvalue weighted by atomic mass is 9.94. The van der Waals surface area contributed by atoms with Gasteiger partial charge in [0.15, 0.2) is 0 Å². The molecule has 1 N–H and O–H groups in total. The summed E-state index contributed by atoms with van der Waals surface area (Å²) in [6.45, 7) is 8.17. The first-order valence-corrected chi connectivity index (χ1v) is 7.07. The van der Waals surface area contributed by atoms with Crippen LogP contribution in [0.2, 0.25) is 5.02 Å². The molecule has 1 nitrogen and oxygen atoms in total. The van der Waals surface area contributed by atoms with E-state index in [1.54, 1.807) is 0 Å². The molecule has 0 aliphatic heterocycles. The third-order valence-electron chi connectivity index (χ3n) is 3.38. The molecule has 19 heavy (non-hydrogen) atoms. The zero-order valence-corrected chi connectivity index (χ0v) is 12.5. The average molecular weight is 274 g/mol. The number of rotatable bonds is 4. The zero-order valence-electron chi connectivity index (χ0n) is 11.8. The molecular weight excluding hydrogens is 254 g/mol. The van der Waals surface area contributed by atoms with Crippen molar-refractivity contribution < 1.29 is 0 Å². The average Bonchev–Trinajstić information content (AvgIpc) is 2.41. The highest BCUT2D eigenvalue weighted by Gasteiger charge is 2.09. The second-order valence-corrected chi connectivity index (χ2v) is 5.26. The molecule has 0 aliphatic carbocycles. The molecule has 0 aliphatic rings. The minimum atomic E-state index is 0.838. The number of aryl methyl sites for hydroxylation is 2. The van der Waals surface area contributed by atoms with E-state index in [0.29, 0.717) is 0 Å². The van der Waals surface area contributed by atoms with Crippen molar-refractivity contribution in [3.8, 4) is 11.1 Å². The number of nitrogens with one attached hydrogen (secondary N) is 1. The van der Waals surface area contributed by atoms with Crippen molar-refractivity contribution >= 4 is 11.6 Å². The molecule has 0 fully saturated rings. The number of benzene rings is 2. The maximum absolute atomic E-state index is 6.18. The van der Waals surface area contributed by atoms with E-state index < -0.39 is 0 Å². The Hall–Kier alpha value is -1.31. The summed E-state index contributed by atoms with van der Waals surface area (Å²) >= 11 is 6.18. The van der Waals surface area contributed by atoms with Gasteiger partial charge in [0.1, 0.15) is 0 Å². The Labute approximate surface area is 120 Å². The Morgan fingerprint density at radius 3 is 2.47 bits per heavy atom. The monoisotopic (exact) mass is 273 g/mol. The normalized spacial score (nSPS) is 10.7. The van der Waals surface area contributed by atoms with Crippen molar-refractivity contribution in [1.29, 1.82) is 0 Å². The van der Waals surface area contributed by atoms with Crippen molar-refractivity contribution in [1.82, 2.24) is 5.32 Å². The third kappa shape index (κ3) is 3.17. The van der Waals surface area contributed by atoms with E-state index in [2.05, 4.69) is 62.5 Å². The van der Waals surface area contributed by atoms with Gasteiger partial charge in [-0.15, -0.1) is 0 Å². The lowest BCUT2D eigenvalue weighted by Gasteiger charge is -2.14. The van der Waals surface area contributed by atoms with Crippen molar-refractivity contribution in [3.63, 3.8) is 0 Å². The predicted molar refractivity (Wildman–Crippen MR) is 83.7 cm³/mol. The fourth-order valence-corrected chi connectivity index (χ4v) is 2.49. The van der Waals surface area contributed by atoms with Gasteiger partial charge in [0, 0.05) is 11.6 Å². The largest absolute Gasteiger partial charge is 0.313 e. The Kier molecular flexibility index (Phi) is 4.62. The number of halogens is 1. The number of hydrogen-bond donors (Lipinski definition) is 1. The maximum atomic E-state index is 6.18. The second-order valence-electron chi connectivity index (χ2n) is 4.85. The van der Waals surface area contributed by atoms with Crippen molar-refractivity contribution in [3.05, 3.63) is 58.1 Å². The lowest BCUT2D eigenvalue weighted by molar-refractivity contribution is 0.728. The molecule has 0 atom stereocenters. The third-order valence-corrected chi connectivity index (χ3v) is 3.79. The first kappa shape index (κ1) is 14.1. The summed E-state index contributed by atoms with van der Waals surface area (Å²) < 4.78 is 0. The van der Waals surface area contributed by atoms with Crippen LogP contribution in [0.25, 0.3) is 11.1 Å². The second kappa shape index (κ2) is 6.23. The van der Waals surface area contributed by atoms with Gasteiger partial charge in [0.2, 0.25) is 0 Å². The summed E-state index contributed by atoms with van der Waals surface area (Å²) in [7, 11) is 0. The highest BCUT2D eigenvalue weighted by molar-refractivity contribution is 6.31. The number of hydrogen-bond acceptors (Lipinski definition) is 1. The van der Waals surface area contributed by atoms with Gasteiger partial charge in [-0.2, -0.15) is 0 Å². The maximum Gasteiger partial charge on any atom is 0.0438 e. The van der Waals surface area contributed by atoms with Crippen LogP contribution in [0.5, 0.6) is 0 Å². The van der Waals surface area contributed by atoms with E-state index in [-0.39, 0.29) is 0 Å². The molecular formula is C17H20ClN.